The van der Waals surface area contributed by atoms with E-state index in [4.69, 9.17) is 11.6 Å². The summed E-state index contributed by atoms with van der Waals surface area (Å²) in [7, 11) is -3.96. The van der Waals surface area contributed by atoms with Gasteiger partial charge in [-0.15, -0.1) is 0 Å². The second kappa shape index (κ2) is 6.24. The van der Waals surface area contributed by atoms with Crippen molar-refractivity contribution in [1.82, 2.24) is 0 Å². The van der Waals surface area contributed by atoms with Crippen LogP contribution in [0.2, 0.25) is 5.02 Å². The standard InChI is InChI=1S/C15H9BrClNO3S2/c16-10-2-5-12(6-3-10)18-23(20,21)14-7-9-1-4-11(17)8-13(9)22-15(14)19/h1-8,18H. The Labute approximate surface area is 149 Å². The van der Waals surface area contributed by atoms with Crippen LogP contribution >= 0.6 is 38.9 Å². The Bertz CT molecular complexity index is 1050. The second-order valence-electron chi connectivity index (χ2n) is 4.69. The normalized spacial score (nSPS) is 11.6. The Hall–Kier alpha value is -1.41. The molecule has 8 heteroatoms. The maximum absolute atomic E-state index is 12.5. The Morgan fingerprint density at radius 3 is 2.43 bits per heavy atom. The van der Waals surface area contributed by atoms with Gasteiger partial charge in [-0.25, -0.2) is 8.42 Å². The second-order valence-corrected chi connectivity index (χ2v) is 8.71. The Balaban J connectivity index is 2.07. The molecule has 23 heavy (non-hydrogen) atoms. The van der Waals surface area contributed by atoms with Crippen LogP contribution in [-0.4, -0.2) is 8.42 Å². The molecule has 4 nitrogen and oxygen atoms in total. The molecule has 3 rings (SSSR count). The number of rotatable bonds is 3. The van der Waals surface area contributed by atoms with E-state index < -0.39 is 14.8 Å². The highest BCUT2D eigenvalue weighted by atomic mass is 79.9. The molecule has 3 aromatic rings. The zero-order valence-corrected chi connectivity index (χ0v) is 15.4. The number of halogens is 2. The molecule has 118 valence electrons. The molecular weight excluding hydrogens is 422 g/mol. The summed E-state index contributed by atoms with van der Waals surface area (Å²) in [6, 6.07) is 13.0. The fourth-order valence-electron chi connectivity index (χ4n) is 1.98. The summed E-state index contributed by atoms with van der Waals surface area (Å²) >= 11 is 10.0. The molecule has 0 saturated carbocycles. The molecule has 0 amide bonds. The fourth-order valence-corrected chi connectivity index (χ4v) is 4.78. The molecule has 0 unspecified atom stereocenters. The van der Waals surface area contributed by atoms with Crippen LogP contribution in [-0.2, 0) is 10.0 Å². The molecule has 1 N–H and O–H groups in total. The van der Waals surface area contributed by atoms with Gasteiger partial charge in [-0.1, -0.05) is 44.9 Å². The third-order valence-corrected chi connectivity index (χ3v) is 6.31. The molecule has 2 aromatic carbocycles. The molecule has 1 heterocycles. The molecule has 0 atom stereocenters. The molecule has 0 saturated heterocycles. The summed E-state index contributed by atoms with van der Waals surface area (Å²) < 4.78 is 28.3. The minimum atomic E-state index is -3.96. The van der Waals surface area contributed by atoms with E-state index in [-0.39, 0.29) is 4.90 Å². The maximum Gasteiger partial charge on any atom is 0.266 e. The van der Waals surface area contributed by atoms with E-state index in [9.17, 15) is 13.2 Å². The average Bonchev–Trinajstić information content (AvgIpc) is 2.48. The molecule has 0 fully saturated rings. The Morgan fingerprint density at radius 1 is 1.04 bits per heavy atom. The van der Waals surface area contributed by atoms with E-state index in [1.807, 2.05) is 0 Å². The van der Waals surface area contributed by atoms with Crippen molar-refractivity contribution in [3.05, 3.63) is 67.6 Å². The van der Waals surface area contributed by atoms with Gasteiger partial charge in [-0.3, -0.25) is 9.52 Å². The molecule has 0 bridgehead atoms. The lowest BCUT2D eigenvalue weighted by atomic mass is 10.2. The van der Waals surface area contributed by atoms with E-state index in [0.717, 1.165) is 15.8 Å². The van der Waals surface area contributed by atoms with Crippen molar-refractivity contribution in [2.75, 3.05) is 4.72 Å². The number of sulfonamides is 1. The van der Waals surface area contributed by atoms with Crippen molar-refractivity contribution in [2.45, 2.75) is 4.90 Å². The van der Waals surface area contributed by atoms with Gasteiger partial charge < -0.3 is 0 Å². The highest BCUT2D eigenvalue weighted by Crippen LogP contribution is 2.24. The lowest BCUT2D eigenvalue weighted by molar-refractivity contribution is 0.601. The zero-order chi connectivity index (χ0) is 16.6. The fraction of sp³-hybridized carbons (Fsp3) is 0. The number of hydrogen-bond acceptors (Lipinski definition) is 4. The van der Waals surface area contributed by atoms with Crippen molar-refractivity contribution < 1.29 is 8.42 Å². The summed E-state index contributed by atoms with van der Waals surface area (Å²) in [5, 5.41) is 1.15. The quantitative estimate of drug-likeness (QED) is 0.666. The summed E-state index contributed by atoms with van der Waals surface area (Å²) in [5.74, 6) is 0. The Kier molecular flexibility index (Phi) is 4.46. The lowest BCUT2D eigenvalue weighted by Crippen LogP contribution is -2.19. The highest BCUT2D eigenvalue weighted by molar-refractivity contribution is 9.10. The molecule has 0 aliphatic heterocycles. The smallest absolute Gasteiger partial charge is 0.266 e. The minimum absolute atomic E-state index is 0.278. The Morgan fingerprint density at radius 2 is 1.74 bits per heavy atom. The van der Waals surface area contributed by atoms with Gasteiger partial charge in [0.1, 0.15) is 4.90 Å². The molecule has 0 aliphatic carbocycles. The van der Waals surface area contributed by atoms with E-state index >= 15 is 0 Å². The van der Waals surface area contributed by atoms with E-state index in [1.54, 1.807) is 42.5 Å². The van der Waals surface area contributed by atoms with Gasteiger partial charge in [0.15, 0.2) is 0 Å². The van der Waals surface area contributed by atoms with Crippen LogP contribution in [0.5, 0.6) is 0 Å². The van der Waals surface area contributed by atoms with Crippen LogP contribution in [0.3, 0.4) is 0 Å². The summed E-state index contributed by atoms with van der Waals surface area (Å²) in [4.78, 5) is 11.9. The summed E-state index contributed by atoms with van der Waals surface area (Å²) in [5.41, 5.74) is 0.383. The van der Waals surface area contributed by atoms with Gasteiger partial charge in [0.25, 0.3) is 14.8 Å². The third kappa shape index (κ3) is 3.58. The molecule has 1 aromatic heterocycles. The largest absolute Gasteiger partial charge is 0.279 e. The van der Waals surface area contributed by atoms with Crippen molar-refractivity contribution in [3.8, 4) is 0 Å². The first-order chi connectivity index (χ1) is 10.8. The van der Waals surface area contributed by atoms with Gasteiger partial charge in [0, 0.05) is 19.9 Å². The number of fused-ring (bicyclic) bond motifs is 1. The van der Waals surface area contributed by atoms with Crippen LogP contribution in [0.1, 0.15) is 0 Å². The van der Waals surface area contributed by atoms with Gasteiger partial charge in [0.05, 0.1) is 0 Å². The van der Waals surface area contributed by atoms with Crippen LogP contribution in [0.15, 0.2) is 62.7 Å². The van der Waals surface area contributed by atoms with Crippen LogP contribution in [0, 0.1) is 0 Å². The third-order valence-electron chi connectivity index (χ3n) is 3.05. The van der Waals surface area contributed by atoms with Crippen LogP contribution in [0.4, 0.5) is 5.69 Å². The van der Waals surface area contributed by atoms with Gasteiger partial charge in [-0.2, -0.15) is 0 Å². The number of nitrogens with one attached hydrogen (secondary N) is 1. The van der Waals surface area contributed by atoms with Gasteiger partial charge >= 0.3 is 0 Å². The number of benzene rings is 2. The summed E-state index contributed by atoms with van der Waals surface area (Å²) in [6.07, 6.45) is 0. The lowest BCUT2D eigenvalue weighted by Gasteiger charge is -2.08. The monoisotopic (exact) mass is 429 g/mol. The average molecular weight is 431 g/mol. The molecule has 0 spiro atoms. The first kappa shape index (κ1) is 16.4. The van der Waals surface area contributed by atoms with Gasteiger partial charge in [-0.05, 0) is 47.9 Å². The number of anilines is 1. The molecule has 0 radical (unpaired) electrons. The SMILES string of the molecule is O=c1sc2cc(Cl)ccc2cc1S(=O)(=O)Nc1ccc(Br)cc1. The first-order valence-corrected chi connectivity index (χ1v) is 9.84. The zero-order valence-electron chi connectivity index (χ0n) is 11.4. The first-order valence-electron chi connectivity index (χ1n) is 6.37. The van der Waals surface area contributed by atoms with Crippen molar-refractivity contribution in [2.24, 2.45) is 0 Å². The van der Waals surface area contributed by atoms with Gasteiger partial charge in [0.2, 0.25) is 0 Å². The maximum atomic E-state index is 12.5. The van der Waals surface area contributed by atoms with Crippen LogP contribution in [0.25, 0.3) is 10.1 Å². The summed E-state index contributed by atoms with van der Waals surface area (Å²) in [6.45, 7) is 0. The minimum Gasteiger partial charge on any atom is -0.279 e. The molecule has 0 aliphatic rings. The van der Waals surface area contributed by atoms with E-state index in [2.05, 4.69) is 20.7 Å². The van der Waals surface area contributed by atoms with E-state index in [0.29, 0.717) is 20.8 Å². The van der Waals surface area contributed by atoms with Crippen molar-refractivity contribution >= 4 is 64.7 Å². The highest BCUT2D eigenvalue weighted by Gasteiger charge is 2.19. The molecular formula is C15H9BrClNO3S2. The predicted molar refractivity (Wildman–Crippen MR) is 98.1 cm³/mol. The van der Waals surface area contributed by atoms with Crippen molar-refractivity contribution in [3.63, 3.8) is 0 Å². The van der Waals surface area contributed by atoms with Crippen LogP contribution < -0.4 is 9.46 Å². The van der Waals surface area contributed by atoms with Crippen molar-refractivity contribution in [1.29, 1.82) is 0 Å². The topological polar surface area (TPSA) is 63.2 Å². The van der Waals surface area contributed by atoms with E-state index in [1.165, 1.54) is 6.07 Å². The number of hydrogen-bond donors (Lipinski definition) is 1. The predicted octanol–water partition coefficient (Wildman–Crippen LogP) is 4.48.